The maximum absolute atomic E-state index is 12.1. The molecule has 24 heavy (non-hydrogen) atoms. The Morgan fingerprint density at radius 2 is 1.54 bits per heavy atom. The molecule has 0 aliphatic heterocycles. The van der Waals surface area contributed by atoms with Crippen molar-refractivity contribution in [2.24, 2.45) is 0 Å². The van der Waals surface area contributed by atoms with Crippen molar-refractivity contribution < 1.29 is 14.3 Å². The summed E-state index contributed by atoms with van der Waals surface area (Å²) in [5, 5.41) is 5.27. The Kier molecular flexibility index (Phi) is 4.62. The lowest BCUT2D eigenvalue weighted by atomic mass is 10.00. The first-order valence-corrected chi connectivity index (χ1v) is 7.88. The number of rotatable bonds is 4. The van der Waals surface area contributed by atoms with Crippen molar-refractivity contribution in [1.29, 1.82) is 0 Å². The van der Waals surface area contributed by atoms with Gasteiger partial charge in [0.15, 0.2) is 0 Å². The third kappa shape index (κ3) is 3.46. The number of nitrogens with one attached hydrogen (secondary N) is 2. The van der Waals surface area contributed by atoms with Gasteiger partial charge in [-0.05, 0) is 23.3 Å². The normalized spacial score (nSPS) is 14.7. The molecular weight excluding hydrogens is 304 g/mol. The molecule has 5 nitrogen and oxygen atoms in total. The van der Waals surface area contributed by atoms with E-state index in [0.29, 0.717) is 12.2 Å². The lowest BCUT2D eigenvalue weighted by molar-refractivity contribution is -0.137. The lowest BCUT2D eigenvalue weighted by Gasteiger charge is -2.27. The fourth-order valence-corrected chi connectivity index (χ4v) is 3.03. The van der Waals surface area contributed by atoms with Gasteiger partial charge in [0, 0.05) is 32.2 Å². The SMILES string of the molecule is COC1(CNC(=O)C(=O)Nc2ccccc2)Cc2ccccc2C1. The van der Waals surface area contributed by atoms with Gasteiger partial charge in [0.1, 0.15) is 0 Å². The summed E-state index contributed by atoms with van der Waals surface area (Å²) in [4.78, 5) is 24.0. The molecular formula is C19H20N2O3. The van der Waals surface area contributed by atoms with Crippen molar-refractivity contribution in [1.82, 2.24) is 5.32 Å². The highest BCUT2D eigenvalue weighted by molar-refractivity contribution is 6.39. The number of para-hydroxylation sites is 1. The summed E-state index contributed by atoms with van der Waals surface area (Å²) in [6.45, 7) is 0.291. The van der Waals surface area contributed by atoms with Crippen molar-refractivity contribution in [2.45, 2.75) is 18.4 Å². The minimum atomic E-state index is -0.678. The van der Waals surface area contributed by atoms with E-state index in [9.17, 15) is 9.59 Å². The molecule has 0 saturated heterocycles. The van der Waals surface area contributed by atoms with Gasteiger partial charge in [-0.2, -0.15) is 0 Å². The number of fused-ring (bicyclic) bond motifs is 1. The smallest absolute Gasteiger partial charge is 0.313 e. The molecule has 2 amide bonds. The molecule has 5 heteroatoms. The average molecular weight is 324 g/mol. The Morgan fingerprint density at radius 1 is 0.958 bits per heavy atom. The van der Waals surface area contributed by atoms with Crippen LogP contribution in [0.25, 0.3) is 0 Å². The van der Waals surface area contributed by atoms with Crippen LogP contribution in [0, 0.1) is 0 Å². The van der Waals surface area contributed by atoms with E-state index in [1.54, 1.807) is 31.4 Å². The van der Waals surface area contributed by atoms with E-state index in [1.165, 1.54) is 11.1 Å². The molecule has 0 bridgehead atoms. The van der Waals surface area contributed by atoms with Gasteiger partial charge in [-0.3, -0.25) is 9.59 Å². The van der Waals surface area contributed by atoms with Gasteiger partial charge in [-0.1, -0.05) is 42.5 Å². The van der Waals surface area contributed by atoms with Gasteiger partial charge < -0.3 is 15.4 Å². The predicted octanol–water partition coefficient (Wildman–Crippen LogP) is 1.93. The molecule has 1 aliphatic carbocycles. The number of methoxy groups -OCH3 is 1. The molecule has 0 heterocycles. The zero-order chi connectivity index (χ0) is 17.0. The predicted molar refractivity (Wildman–Crippen MR) is 91.7 cm³/mol. The molecule has 2 aromatic rings. The summed E-state index contributed by atoms with van der Waals surface area (Å²) >= 11 is 0. The number of hydrogen-bond donors (Lipinski definition) is 2. The summed E-state index contributed by atoms with van der Waals surface area (Å²) in [7, 11) is 1.64. The van der Waals surface area contributed by atoms with Gasteiger partial charge >= 0.3 is 11.8 Å². The Morgan fingerprint density at radius 3 is 2.12 bits per heavy atom. The molecule has 124 valence electrons. The zero-order valence-corrected chi connectivity index (χ0v) is 13.5. The molecule has 2 N–H and O–H groups in total. The second-order valence-electron chi connectivity index (χ2n) is 6.01. The minimum absolute atomic E-state index is 0.291. The van der Waals surface area contributed by atoms with Crippen LogP contribution in [0.3, 0.4) is 0 Å². The molecule has 2 aromatic carbocycles. The minimum Gasteiger partial charge on any atom is -0.376 e. The standard InChI is InChI=1S/C19H20N2O3/c1-24-19(11-14-7-5-6-8-15(14)12-19)13-20-17(22)18(23)21-16-9-3-2-4-10-16/h2-10H,11-13H2,1H3,(H,20,22)(H,21,23). The van der Waals surface area contributed by atoms with Gasteiger partial charge in [0.2, 0.25) is 0 Å². The van der Waals surface area contributed by atoms with Crippen molar-refractivity contribution >= 4 is 17.5 Å². The highest BCUT2D eigenvalue weighted by Crippen LogP contribution is 2.32. The van der Waals surface area contributed by atoms with Crippen LogP contribution < -0.4 is 10.6 Å². The molecule has 3 rings (SSSR count). The Balaban J connectivity index is 1.58. The summed E-state index contributed by atoms with van der Waals surface area (Å²) in [5.41, 5.74) is 2.55. The molecule has 0 saturated carbocycles. The van der Waals surface area contributed by atoms with E-state index in [0.717, 1.165) is 12.8 Å². The summed E-state index contributed by atoms with van der Waals surface area (Å²) in [5.74, 6) is -1.34. The van der Waals surface area contributed by atoms with Crippen LogP contribution in [-0.4, -0.2) is 31.1 Å². The first-order valence-electron chi connectivity index (χ1n) is 7.88. The van der Waals surface area contributed by atoms with Gasteiger partial charge in [-0.15, -0.1) is 0 Å². The fraction of sp³-hybridized carbons (Fsp3) is 0.263. The molecule has 0 spiro atoms. The quantitative estimate of drug-likeness (QED) is 0.845. The Hall–Kier alpha value is -2.66. The van der Waals surface area contributed by atoms with Gasteiger partial charge in [0.05, 0.1) is 5.60 Å². The number of hydrogen-bond acceptors (Lipinski definition) is 3. The maximum Gasteiger partial charge on any atom is 0.313 e. The molecule has 1 aliphatic rings. The first kappa shape index (κ1) is 16.2. The third-order valence-electron chi connectivity index (χ3n) is 4.39. The zero-order valence-electron chi connectivity index (χ0n) is 13.5. The monoisotopic (exact) mass is 324 g/mol. The average Bonchev–Trinajstić information content (AvgIpc) is 2.99. The second-order valence-corrected chi connectivity index (χ2v) is 6.01. The number of benzene rings is 2. The van der Waals surface area contributed by atoms with Crippen molar-refractivity contribution in [2.75, 3.05) is 19.0 Å². The topological polar surface area (TPSA) is 67.4 Å². The number of ether oxygens (including phenoxy) is 1. The van der Waals surface area contributed by atoms with E-state index >= 15 is 0 Å². The van der Waals surface area contributed by atoms with Crippen LogP contribution >= 0.6 is 0 Å². The van der Waals surface area contributed by atoms with E-state index in [4.69, 9.17) is 4.74 Å². The van der Waals surface area contributed by atoms with E-state index in [-0.39, 0.29) is 0 Å². The Labute approximate surface area is 141 Å². The Bertz CT molecular complexity index is 718. The number of carbonyl (C=O) groups is 2. The van der Waals surface area contributed by atoms with E-state index in [1.807, 2.05) is 18.2 Å². The third-order valence-corrected chi connectivity index (χ3v) is 4.39. The van der Waals surface area contributed by atoms with Crippen LogP contribution in [0.15, 0.2) is 54.6 Å². The first-order chi connectivity index (χ1) is 11.6. The molecule has 0 atom stereocenters. The molecule has 0 unspecified atom stereocenters. The molecule has 0 radical (unpaired) electrons. The molecule has 0 aromatic heterocycles. The highest BCUT2D eigenvalue weighted by atomic mass is 16.5. The number of anilines is 1. The summed E-state index contributed by atoms with van der Waals surface area (Å²) in [6.07, 6.45) is 1.44. The summed E-state index contributed by atoms with van der Waals surface area (Å²) in [6, 6.07) is 17.0. The van der Waals surface area contributed by atoms with Crippen molar-refractivity contribution in [3.8, 4) is 0 Å². The van der Waals surface area contributed by atoms with E-state index < -0.39 is 17.4 Å². The lowest BCUT2D eigenvalue weighted by Crippen LogP contribution is -2.48. The maximum atomic E-state index is 12.1. The van der Waals surface area contributed by atoms with Crippen LogP contribution in [0.1, 0.15) is 11.1 Å². The van der Waals surface area contributed by atoms with Gasteiger partial charge in [-0.25, -0.2) is 0 Å². The molecule has 0 fully saturated rings. The highest BCUT2D eigenvalue weighted by Gasteiger charge is 2.37. The van der Waals surface area contributed by atoms with Crippen molar-refractivity contribution in [3.05, 3.63) is 65.7 Å². The second kappa shape index (κ2) is 6.84. The number of carbonyl (C=O) groups excluding carboxylic acids is 2. The van der Waals surface area contributed by atoms with E-state index in [2.05, 4.69) is 22.8 Å². The summed E-state index contributed by atoms with van der Waals surface area (Å²) < 4.78 is 5.68. The van der Waals surface area contributed by atoms with Crippen LogP contribution in [0.2, 0.25) is 0 Å². The van der Waals surface area contributed by atoms with Crippen molar-refractivity contribution in [3.63, 3.8) is 0 Å². The van der Waals surface area contributed by atoms with Gasteiger partial charge in [0.25, 0.3) is 0 Å². The van der Waals surface area contributed by atoms with Crippen LogP contribution in [-0.2, 0) is 27.2 Å². The van der Waals surface area contributed by atoms with Crippen LogP contribution in [0.4, 0.5) is 5.69 Å². The van der Waals surface area contributed by atoms with Crippen LogP contribution in [0.5, 0.6) is 0 Å². The fourth-order valence-electron chi connectivity index (χ4n) is 3.03. The number of amides is 2. The largest absolute Gasteiger partial charge is 0.376 e.